The molecule has 1 aromatic carbocycles. The number of likely N-dealkylation sites (N-methyl/N-ethyl adjacent to an activating group) is 1. The molecule has 0 spiro atoms. The van der Waals surface area contributed by atoms with Gasteiger partial charge in [0, 0.05) is 56.3 Å². The van der Waals surface area contributed by atoms with Gasteiger partial charge in [0.15, 0.2) is 0 Å². The largest absolute Gasteiger partial charge is 0.370 e. The number of aliphatic hydroxyl groups is 1. The molecule has 1 atom stereocenters. The summed E-state index contributed by atoms with van der Waals surface area (Å²) in [5.41, 5.74) is 4.68. The lowest BCUT2D eigenvalue weighted by Crippen LogP contribution is -2.28. The zero-order valence-corrected chi connectivity index (χ0v) is 18.6. The predicted octanol–water partition coefficient (Wildman–Crippen LogP) is 2.92. The molecular weight excluding hydrogens is 416 g/mol. The second-order valence-corrected chi connectivity index (χ2v) is 8.34. The van der Waals surface area contributed by atoms with Gasteiger partial charge in [-0.2, -0.15) is 0 Å². The molecule has 1 aliphatic heterocycles. The van der Waals surface area contributed by atoms with E-state index in [0.717, 1.165) is 22.3 Å². The van der Waals surface area contributed by atoms with Gasteiger partial charge in [0.1, 0.15) is 11.7 Å². The summed E-state index contributed by atoms with van der Waals surface area (Å²) in [7, 11) is 5.21. The Morgan fingerprint density at radius 2 is 1.64 bits per heavy atom. The summed E-state index contributed by atoms with van der Waals surface area (Å²) in [6, 6.07) is 15.3. The van der Waals surface area contributed by atoms with E-state index in [2.05, 4.69) is 4.98 Å². The van der Waals surface area contributed by atoms with Crippen molar-refractivity contribution in [1.29, 1.82) is 0 Å². The summed E-state index contributed by atoms with van der Waals surface area (Å²) in [4.78, 5) is 30.6. The molecule has 4 aromatic rings. The molecule has 0 aliphatic carbocycles. The summed E-state index contributed by atoms with van der Waals surface area (Å²) in [6.07, 6.45) is 6.37. The highest BCUT2D eigenvalue weighted by Crippen LogP contribution is 2.38. The number of pyridine rings is 2. The van der Waals surface area contributed by atoms with Crippen LogP contribution >= 0.6 is 0 Å². The van der Waals surface area contributed by atoms with Gasteiger partial charge in [-0.1, -0.05) is 30.3 Å². The number of aliphatic hydroxyl groups excluding tert-OH is 1. The van der Waals surface area contributed by atoms with Gasteiger partial charge in [0.2, 0.25) is 0 Å². The maximum absolute atomic E-state index is 13.0. The molecule has 166 valence electrons. The predicted molar refractivity (Wildman–Crippen MR) is 130 cm³/mol. The van der Waals surface area contributed by atoms with Gasteiger partial charge < -0.3 is 24.1 Å². The van der Waals surface area contributed by atoms with E-state index >= 15 is 0 Å². The highest BCUT2D eigenvalue weighted by Gasteiger charge is 2.24. The molecule has 33 heavy (non-hydrogen) atoms. The fraction of sp³-hybridized carbons (Fsp3) is 0.154. The third-order valence-corrected chi connectivity index (χ3v) is 6.11. The molecule has 0 radical (unpaired) electrons. The number of aromatic amines is 1. The number of rotatable bonds is 3. The highest BCUT2D eigenvalue weighted by atomic mass is 16.3. The Morgan fingerprint density at radius 3 is 2.39 bits per heavy atom. The van der Waals surface area contributed by atoms with Crippen LogP contribution in [-0.4, -0.2) is 37.4 Å². The first-order valence-corrected chi connectivity index (χ1v) is 10.6. The van der Waals surface area contributed by atoms with Crippen LogP contribution in [0.2, 0.25) is 0 Å². The molecule has 5 rings (SSSR count). The second kappa shape index (κ2) is 7.79. The van der Waals surface area contributed by atoms with Gasteiger partial charge in [0.05, 0.1) is 11.3 Å². The Kier molecular flexibility index (Phi) is 4.91. The molecule has 3 aromatic heterocycles. The Labute approximate surface area is 190 Å². The number of nitrogens with zero attached hydrogens (tertiary/aromatic N) is 3. The van der Waals surface area contributed by atoms with Crippen LogP contribution in [0.5, 0.6) is 0 Å². The van der Waals surface area contributed by atoms with Crippen LogP contribution in [0.3, 0.4) is 0 Å². The summed E-state index contributed by atoms with van der Waals surface area (Å²) in [5, 5.41) is 11.3. The topological polar surface area (TPSA) is 83.3 Å². The summed E-state index contributed by atoms with van der Waals surface area (Å²) >= 11 is 0. The Hall–Kier alpha value is -4.10. The Morgan fingerprint density at radius 1 is 0.879 bits per heavy atom. The molecule has 0 bridgehead atoms. The van der Waals surface area contributed by atoms with Gasteiger partial charge >= 0.3 is 0 Å². The maximum Gasteiger partial charge on any atom is 0.274 e. The lowest BCUT2D eigenvalue weighted by molar-refractivity contribution is 0.0987. The number of hydrogen-bond donors (Lipinski definition) is 2. The van der Waals surface area contributed by atoms with Gasteiger partial charge in [0.25, 0.3) is 11.1 Å². The van der Waals surface area contributed by atoms with Crippen molar-refractivity contribution < 1.29 is 5.11 Å². The smallest absolute Gasteiger partial charge is 0.274 e. The minimum Gasteiger partial charge on any atom is -0.370 e. The third-order valence-electron chi connectivity index (χ3n) is 6.11. The van der Waals surface area contributed by atoms with E-state index in [9.17, 15) is 14.7 Å². The maximum atomic E-state index is 13.0. The fourth-order valence-corrected chi connectivity index (χ4v) is 4.28. The zero-order valence-electron chi connectivity index (χ0n) is 18.6. The van der Waals surface area contributed by atoms with Crippen molar-refractivity contribution in [1.82, 2.24) is 19.0 Å². The average Bonchev–Trinajstić information content (AvgIpc) is 3.26. The number of H-pyrrole nitrogens is 1. The zero-order chi connectivity index (χ0) is 23.3. The van der Waals surface area contributed by atoms with Crippen LogP contribution in [0.25, 0.3) is 33.3 Å². The Bertz CT molecular complexity index is 1550. The van der Waals surface area contributed by atoms with Gasteiger partial charge in [-0.15, -0.1) is 0 Å². The van der Waals surface area contributed by atoms with E-state index in [1.165, 1.54) is 9.13 Å². The number of aryl methyl sites for hydroxylation is 2. The van der Waals surface area contributed by atoms with Crippen LogP contribution in [0.1, 0.15) is 11.1 Å². The van der Waals surface area contributed by atoms with Crippen molar-refractivity contribution in [3.05, 3.63) is 105 Å². The second-order valence-electron chi connectivity index (χ2n) is 8.34. The standard InChI is InChI=1S/C26H24N4O3/c1-28-11-7-10-17(25(28)32)22-12-19-21(15-30(3)26(33)24(19)27-22)18-13-23(31)29(2)14-20(18)16-8-5-4-6-9-16/h4-15,23,27,31H,1-3H3. The molecule has 1 unspecified atom stereocenters. The summed E-state index contributed by atoms with van der Waals surface area (Å²) < 4.78 is 3.03. The van der Waals surface area contributed by atoms with Crippen LogP contribution in [0.4, 0.5) is 0 Å². The first-order valence-electron chi connectivity index (χ1n) is 10.6. The average molecular weight is 441 g/mol. The third kappa shape index (κ3) is 3.43. The van der Waals surface area contributed by atoms with Crippen molar-refractivity contribution in [3.63, 3.8) is 0 Å². The number of fused-ring (bicyclic) bond motifs is 1. The fourth-order valence-electron chi connectivity index (χ4n) is 4.28. The van der Waals surface area contributed by atoms with Crippen LogP contribution in [0.15, 0.2) is 82.8 Å². The van der Waals surface area contributed by atoms with Crippen LogP contribution < -0.4 is 11.1 Å². The highest BCUT2D eigenvalue weighted by molar-refractivity contribution is 6.11. The van der Waals surface area contributed by atoms with Crippen molar-refractivity contribution in [2.75, 3.05) is 7.05 Å². The lowest BCUT2D eigenvalue weighted by Gasteiger charge is -2.28. The van der Waals surface area contributed by atoms with E-state index in [1.807, 2.05) is 49.6 Å². The molecule has 0 saturated carbocycles. The molecule has 7 nitrogen and oxygen atoms in total. The minimum atomic E-state index is -0.806. The monoisotopic (exact) mass is 440 g/mol. The van der Waals surface area contributed by atoms with Crippen molar-refractivity contribution in [2.24, 2.45) is 14.1 Å². The van der Waals surface area contributed by atoms with Crippen molar-refractivity contribution in [3.8, 4) is 11.3 Å². The van der Waals surface area contributed by atoms with Gasteiger partial charge in [-0.3, -0.25) is 9.59 Å². The number of nitrogens with one attached hydrogen (secondary N) is 1. The van der Waals surface area contributed by atoms with Crippen molar-refractivity contribution >= 4 is 22.0 Å². The lowest BCUT2D eigenvalue weighted by atomic mass is 9.89. The molecule has 4 heterocycles. The van der Waals surface area contributed by atoms with E-state index < -0.39 is 6.23 Å². The Balaban J connectivity index is 1.78. The molecule has 0 saturated heterocycles. The summed E-state index contributed by atoms with van der Waals surface area (Å²) in [6.45, 7) is 0. The number of aromatic nitrogens is 3. The van der Waals surface area contributed by atoms with Gasteiger partial charge in [-0.25, -0.2) is 0 Å². The normalized spacial score (nSPS) is 16.1. The quantitative estimate of drug-likeness (QED) is 0.513. The minimum absolute atomic E-state index is 0.152. The number of benzene rings is 1. The van der Waals surface area contributed by atoms with Crippen LogP contribution in [-0.2, 0) is 14.1 Å². The molecular formula is C26H24N4O3. The summed E-state index contributed by atoms with van der Waals surface area (Å²) in [5.74, 6) is 0. The molecule has 7 heteroatoms. The van der Waals surface area contributed by atoms with E-state index in [0.29, 0.717) is 22.2 Å². The van der Waals surface area contributed by atoms with Crippen molar-refractivity contribution in [2.45, 2.75) is 6.23 Å². The van der Waals surface area contributed by atoms with E-state index in [-0.39, 0.29) is 11.1 Å². The van der Waals surface area contributed by atoms with Crippen LogP contribution in [0, 0.1) is 0 Å². The SMILES string of the molecule is CN1C=C(c2ccccc2)C(c2cn(C)c(=O)c3[nH]c(-c4cccn(C)c4=O)cc23)=CC1O. The number of hydrogen-bond acceptors (Lipinski definition) is 4. The first kappa shape index (κ1) is 20.8. The van der Waals surface area contributed by atoms with E-state index in [1.54, 1.807) is 49.6 Å². The molecule has 0 amide bonds. The molecule has 2 N–H and O–H groups in total. The molecule has 1 aliphatic rings. The molecule has 0 fully saturated rings. The van der Waals surface area contributed by atoms with Gasteiger partial charge in [-0.05, 0) is 35.4 Å². The number of allylic oxidation sites excluding steroid dienone is 2. The van der Waals surface area contributed by atoms with E-state index in [4.69, 9.17) is 0 Å². The first-order chi connectivity index (χ1) is 15.8.